The van der Waals surface area contributed by atoms with E-state index < -0.39 is 0 Å². The molecule has 0 rings (SSSR count). The van der Waals surface area contributed by atoms with Crippen LogP contribution in [0.3, 0.4) is 0 Å². The Hall–Kier alpha value is 0.310. The third-order valence-electron chi connectivity index (χ3n) is 3.88. The van der Waals surface area contributed by atoms with Crippen LogP contribution in [-0.2, 0) is 4.74 Å². The highest BCUT2D eigenvalue weighted by molar-refractivity contribution is 7.99. The first-order chi connectivity index (χ1) is 10.4. The summed E-state index contributed by atoms with van der Waals surface area (Å²) in [6.07, 6.45) is 18.2. The Balaban J connectivity index is 2.90. The largest absolute Gasteiger partial charge is 0.381 e. The third kappa shape index (κ3) is 20.3. The van der Waals surface area contributed by atoms with Crippen LogP contribution in [0.4, 0.5) is 0 Å². The molecular formula is C19H40OS. The summed E-state index contributed by atoms with van der Waals surface area (Å²) in [5.41, 5.74) is 0. The van der Waals surface area contributed by atoms with E-state index in [0.29, 0.717) is 0 Å². The molecule has 0 aromatic rings. The fourth-order valence-corrected chi connectivity index (χ4v) is 3.26. The van der Waals surface area contributed by atoms with Gasteiger partial charge in [0.25, 0.3) is 0 Å². The second-order valence-electron chi connectivity index (χ2n) is 6.05. The average Bonchev–Trinajstić information content (AvgIpc) is 2.50. The first-order valence-corrected chi connectivity index (χ1v) is 10.7. The van der Waals surface area contributed by atoms with Crippen LogP contribution in [0.1, 0.15) is 97.3 Å². The van der Waals surface area contributed by atoms with Crippen molar-refractivity contribution in [2.75, 3.05) is 24.7 Å². The van der Waals surface area contributed by atoms with Gasteiger partial charge in [0.2, 0.25) is 0 Å². The van der Waals surface area contributed by atoms with Crippen molar-refractivity contribution in [2.24, 2.45) is 0 Å². The summed E-state index contributed by atoms with van der Waals surface area (Å²) in [5.74, 6) is 2.66. The van der Waals surface area contributed by atoms with Crippen molar-refractivity contribution >= 4 is 11.8 Å². The van der Waals surface area contributed by atoms with Crippen LogP contribution in [0.5, 0.6) is 0 Å². The molecule has 0 heterocycles. The Labute approximate surface area is 139 Å². The fourth-order valence-electron chi connectivity index (χ4n) is 2.57. The highest BCUT2D eigenvalue weighted by Crippen LogP contribution is 2.13. The monoisotopic (exact) mass is 316 g/mol. The molecule has 0 aliphatic carbocycles. The van der Waals surface area contributed by atoms with Crippen LogP contribution >= 0.6 is 11.8 Å². The SMILES string of the molecule is CCCOCCCCCCCCCCCCCCSCC. The van der Waals surface area contributed by atoms with Crippen molar-refractivity contribution in [3.05, 3.63) is 0 Å². The van der Waals surface area contributed by atoms with E-state index in [4.69, 9.17) is 4.74 Å². The van der Waals surface area contributed by atoms with Crippen molar-refractivity contribution in [2.45, 2.75) is 97.3 Å². The first-order valence-electron chi connectivity index (χ1n) is 9.57. The van der Waals surface area contributed by atoms with E-state index >= 15 is 0 Å². The Morgan fingerprint density at radius 3 is 1.52 bits per heavy atom. The molecule has 21 heavy (non-hydrogen) atoms. The number of unbranched alkanes of at least 4 members (excludes halogenated alkanes) is 11. The summed E-state index contributed by atoms with van der Waals surface area (Å²) >= 11 is 2.09. The number of hydrogen-bond acceptors (Lipinski definition) is 2. The lowest BCUT2D eigenvalue weighted by atomic mass is 10.1. The number of thioether (sulfide) groups is 1. The summed E-state index contributed by atoms with van der Waals surface area (Å²) in [4.78, 5) is 0. The summed E-state index contributed by atoms with van der Waals surface area (Å²) in [5, 5.41) is 0. The van der Waals surface area contributed by atoms with Crippen LogP contribution in [0.15, 0.2) is 0 Å². The topological polar surface area (TPSA) is 9.23 Å². The summed E-state index contributed by atoms with van der Waals surface area (Å²) < 4.78 is 5.49. The van der Waals surface area contributed by atoms with Crippen molar-refractivity contribution in [3.8, 4) is 0 Å². The van der Waals surface area contributed by atoms with Crippen molar-refractivity contribution in [1.29, 1.82) is 0 Å². The van der Waals surface area contributed by atoms with E-state index in [2.05, 4.69) is 25.6 Å². The van der Waals surface area contributed by atoms with Crippen LogP contribution in [0.2, 0.25) is 0 Å². The maximum absolute atomic E-state index is 5.49. The predicted molar refractivity (Wildman–Crippen MR) is 99.5 cm³/mol. The van der Waals surface area contributed by atoms with Crippen LogP contribution in [0, 0.1) is 0 Å². The minimum Gasteiger partial charge on any atom is -0.381 e. The molecule has 1 nitrogen and oxygen atoms in total. The second kappa shape index (κ2) is 20.3. The molecule has 0 unspecified atom stereocenters. The first kappa shape index (κ1) is 21.3. The lowest BCUT2D eigenvalue weighted by molar-refractivity contribution is 0.130. The second-order valence-corrected chi connectivity index (χ2v) is 7.45. The molecular weight excluding hydrogens is 276 g/mol. The van der Waals surface area contributed by atoms with E-state index in [1.54, 1.807) is 0 Å². The smallest absolute Gasteiger partial charge is 0.0466 e. The molecule has 0 fully saturated rings. The van der Waals surface area contributed by atoms with Crippen molar-refractivity contribution < 1.29 is 4.74 Å². The van der Waals surface area contributed by atoms with Gasteiger partial charge in [-0.2, -0.15) is 11.8 Å². The van der Waals surface area contributed by atoms with Gasteiger partial charge < -0.3 is 4.74 Å². The van der Waals surface area contributed by atoms with Gasteiger partial charge in [-0.05, 0) is 30.8 Å². The molecule has 0 aromatic heterocycles. The molecule has 0 aliphatic rings. The number of rotatable bonds is 18. The van der Waals surface area contributed by atoms with Crippen molar-refractivity contribution in [1.82, 2.24) is 0 Å². The molecule has 0 radical (unpaired) electrons. The highest BCUT2D eigenvalue weighted by Gasteiger charge is 1.94. The van der Waals surface area contributed by atoms with E-state index in [1.807, 2.05) is 0 Å². The van der Waals surface area contributed by atoms with Gasteiger partial charge in [-0.15, -0.1) is 0 Å². The van der Waals surface area contributed by atoms with Gasteiger partial charge in [0.1, 0.15) is 0 Å². The summed E-state index contributed by atoms with van der Waals surface area (Å²) in [6, 6.07) is 0. The molecule has 0 spiro atoms. The van der Waals surface area contributed by atoms with Gasteiger partial charge in [0.05, 0.1) is 0 Å². The standard InChI is InChI=1S/C19H40OS/c1-3-17-20-18-15-13-11-9-7-5-6-8-10-12-14-16-19-21-4-2/h3-19H2,1-2H3. The van der Waals surface area contributed by atoms with E-state index in [-0.39, 0.29) is 0 Å². The van der Waals surface area contributed by atoms with Gasteiger partial charge in [-0.1, -0.05) is 78.1 Å². The molecule has 2 heteroatoms. The molecule has 128 valence electrons. The maximum atomic E-state index is 5.49. The predicted octanol–water partition coefficient (Wildman–Crippen LogP) is 6.85. The van der Waals surface area contributed by atoms with Crippen LogP contribution in [-0.4, -0.2) is 24.7 Å². The molecule has 0 saturated carbocycles. The van der Waals surface area contributed by atoms with Gasteiger partial charge in [0, 0.05) is 13.2 Å². The number of ether oxygens (including phenoxy) is 1. The summed E-state index contributed by atoms with van der Waals surface area (Å²) in [7, 11) is 0. The van der Waals surface area contributed by atoms with E-state index in [9.17, 15) is 0 Å². The lowest BCUT2D eigenvalue weighted by Crippen LogP contribution is -1.95. The molecule has 0 amide bonds. The molecule has 0 aliphatic heterocycles. The fraction of sp³-hybridized carbons (Fsp3) is 1.00. The Morgan fingerprint density at radius 1 is 0.571 bits per heavy atom. The van der Waals surface area contributed by atoms with E-state index in [0.717, 1.165) is 19.6 Å². The van der Waals surface area contributed by atoms with Gasteiger partial charge in [-0.25, -0.2) is 0 Å². The third-order valence-corrected chi connectivity index (χ3v) is 4.87. The zero-order valence-corrected chi connectivity index (χ0v) is 15.7. The van der Waals surface area contributed by atoms with Crippen LogP contribution < -0.4 is 0 Å². The molecule has 0 saturated heterocycles. The quantitative estimate of drug-likeness (QED) is 0.256. The highest BCUT2D eigenvalue weighted by atomic mass is 32.2. The minimum absolute atomic E-state index is 0.942. The Morgan fingerprint density at radius 2 is 1.05 bits per heavy atom. The minimum atomic E-state index is 0.942. The van der Waals surface area contributed by atoms with Crippen molar-refractivity contribution in [3.63, 3.8) is 0 Å². The average molecular weight is 317 g/mol. The number of hydrogen-bond donors (Lipinski definition) is 0. The molecule has 0 atom stereocenters. The zero-order chi connectivity index (χ0) is 15.4. The Kier molecular flexibility index (Phi) is 20.6. The molecule has 0 bridgehead atoms. The molecule has 0 N–H and O–H groups in total. The van der Waals surface area contributed by atoms with Gasteiger partial charge in [0.15, 0.2) is 0 Å². The summed E-state index contributed by atoms with van der Waals surface area (Å²) in [6.45, 7) is 6.35. The molecule has 0 aromatic carbocycles. The maximum Gasteiger partial charge on any atom is 0.0466 e. The normalized spacial score (nSPS) is 11.1. The van der Waals surface area contributed by atoms with E-state index in [1.165, 1.54) is 88.6 Å². The Bertz CT molecular complexity index is 155. The van der Waals surface area contributed by atoms with Gasteiger partial charge in [-0.3, -0.25) is 0 Å². The zero-order valence-electron chi connectivity index (χ0n) is 14.8. The van der Waals surface area contributed by atoms with Crippen LogP contribution in [0.25, 0.3) is 0 Å². The lowest BCUT2D eigenvalue weighted by Gasteiger charge is -2.04. The van der Waals surface area contributed by atoms with Gasteiger partial charge >= 0.3 is 0 Å².